The molecular weight excluding hydrogens is 510 g/mol. The molecule has 2 amide bonds. The fraction of sp³-hybridized carbons (Fsp3) is 0.429. The van der Waals surface area contributed by atoms with Crippen LogP contribution in [0.5, 0.6) is 0 Å². The van der Waals surface area contributed by atoms with E-state index in [2.05, 4.69) is 95.3 Å². The topological polar surface area (TPSA) is 81.7 Å². The fourth-order valence-electron chi connectivity index (χ4n) is 7.50. The number of hydrogen-bond acceptors (Lipinski definition) is 3. The molecule has 2 bridgehead atoms. The highest BCUT2D eigenvalue weighted by Crippen LogP contribution is 2.53. The number of urea groups is 1. The summed E-state index contributed by atoms with van der Waals surface area (Å²) >= 11 is 0. The van der Waals surface area contributed by atoms with Gasteiger partial charge >= 0.3 is 6.03 Å². The van der Waals surface area contributed by atoms with Crippen LogP contribution in [0, 0.1) is 5.92 Å². The summed E-state index contributed by atoms with van der Waals surface area (Å²) in [5.41, 5.74) is 5.61. The molecule has 0 radical (unpaired) electrons. The van der Waals surface area contributed by atoms with Gasteiger partial charge in [0.15, 0.2) is 0 Å². The molecule has 3 atom stereocenters. The van der Waals surface area contributed by atoms with Gasteiger partial charge in [0.25, 0.3) is 6.47 Å². The van der Waals surface area contributed by atoms with Gasteiger partial charge in [0, 0.05) is 30.1 Å². The lowest BCUT2D eigenvalue weighted by atomic mass is 9.84. The lowest BCUT2D eigenvalue weighted by Crippen LogP contribution is -2.48. The van der Waals surface area contributed by atoms with Crippen LogP contribution in [-0.4, -0.2) is 41.1 Å². The van der Waals surface area contributed by atoms with Gasteiger partial charge < -0.3 is 15.7 Å². The third-order valence-corrected chi connectivity index (χ3v) is 9.38. The van der Waals surface area contributed by atoms with E-state index in [-0.39, 0.29) is 30.5 Å². The molecule has 2 fully saturated rings. The Morgan fingerprint density at radius 2 is 1.32 bits per heavy atom. The van der Waals surface area contributed by atoms with Gasteiger partial charge in [-0.2, -0.15) is 0 Å². The van der Waals surface area contributed by atoms with Crippen molar-refractivity contribution in [3.05, 3.63) is 107 Å². The van der Waals surface area contributed by atoms with E-state index in [1.807, 2.05) is 12.1 Å². The molecule has 41 heavy (non-hydrogen) atoms. The first-order chi connectivity index (χ1) is 20.1. The predicted molar refractivity (Wildman–Crippen MR) is 163 cm³/mol. The molecular formula is C35H43N3O3. The van der Waals surface area contributed by atoms with Crippen LogP contribution < -0.4 is 10.6 Å². The number of fused-ring (bicyclic) bond motifs is 5. The van der Waals surface area contributed by atoms with E-state index in [0.29, 0.717) is 12.1 Å². The summed E-state index contributed by atoms with van der Waals surface area (Å²) in [6.07, 6.45) is 8.52. The summed E-state index contributed by atoms with van der Waals surface area (Å²) in [7, 11) is 0. The average molecular weight is 554 g/mol. The molecule has 2 heterocycles. The second-order valence-electron chi connectivity index (χ2n) is 11.8. The lowest BCUT2D eigenvalue weighted by molar-refractivity contribution is -0.122. The SMILES string of the molecule is CC(NC(=O)NC1CCC(CCN2C3CCC2c2ccccc23)CC1)C(c1ccccc1)c1ccccc1.O=CO. The summed E-state index contributed by atoms with van der Waals surface area (Å²) in [5.74, 6) is 0.893. The second-order valence-corrected chi connectivity index (χ2v) is 11.8. The van der Waals surface area contributed by atoms with Crippen LogP contribution in [0.4, 0.5) is 4.79 Å². The minimum Gasteiger partial charge on any atom is -0.483 e. The Balaban J connectivity index is 0.00000108. The first-order valence-corrected chi connectivity index (χ1v) is 15.2. The largest absolute Gasteiger partial charge is 0.483 e. The number of hydrogen-bond donors (Lipinski definition) is 3. The van der Waals surface area contributed by atoms with Crippen LogP contribution in [0.3, 0.4) is 0 Å². The molecule has 3 aliphatic rings. The van der Waals surface area contributed by atoms with Crippen molar-refractivity contribution in [3.63, 3.8) is 0 Å². The molecule has 3 aromatic carbocycles. The van der Waals surface area contributed by atoms with Crippen molar-refractivity contribution in [2.45, 2.75) is 82.0 Å². The number of nitrogens with zero attached hydrogens (tertiary/aromatic N) is 1. The predicted octanol–water partition coefficient (Wildman–Crippen LogP) is 7.05. The molecule has 6 rings (SSSR count). The Labute approximate surface area is 244 Å². The van der Waals surface area contributed by atoms with Crippen molar-refractivity contribution in [1.29, 1.82) is 0 Å². The van der Waals surface area contributed by atoms with E-state index in [1.54, 1.807) is 11.1 Å². The van der Waals surface area contributed by atoms with Gasteiger partial charge in [-0.05, 0) is 86.6 Å². The normalized spacial score (nSPS) is 23.7. The second kappa shape index (κ2) is 13.8. The van der Waals surface area contributed by atoms with Crippen LogP contribution in [0.25, 0.3) is 0 Å². The quantitative estimate of drug-likeness (QED) is 0.261. The first kappa shape index (κ1) is 28.9. The van der Waals surface area contributed by atoms with E-state index in [4.69, 9.17) is 9.90 Å². The standard InChI is InChI=1S/C34H41N3O.CH2O2/c1-24(33(26-10-4-2-5-11-26)27-12-6-3-7-13-27)35-34(38)36-28-18-16-25(17-19-28)22-23-37-31-20-21-32(37)30-15-9-8-14-29(30)31;2-1-3/h2-15,24-25,28,31-33H,16-23H2,1H3,(H2,35,36,38);1H,(H,2,3). The minimum absolute atomic E-state index is 0.0175. The summed E-state index contributed by atoms with van der Waals surface area (Å²) < 4.78 is 0. The molecule has 0 spiro atoms. The highest BCUT2D eigenvalue weighted by molar-refractivity contribution is 5.74. The van der Waals surface area contributed by atoms with Crippen molar-refractivity contribution >= 4 is 12.5 Å². The Morgan fingerprint density at radius 3 is 1.83 bits per heavy atom. The maximum absolute atomic E-state index is 13.0. The van der Waals surface area contributed by atoms with Gasteiger partial charge in [-0.25, -0.2) is 4.79 Å². The summed E-state index contributed by atoms with van der Waals surface area (Å²) in [6.45, 7) is 3.08. The molecule has 1 saturated carbocycles. The number of benzene rings is 3. The van der Waals surface area contributed by atoms with Crippen LogP contribution in [-0.2, 0) is 4.79 Å². The molecule has 3 N–H and O–H groups in total. The Bertz CT molecular complexity index is 1190. The van der Waals surface area contributed by atoms with Crippen LogP contribution in [0.2, 0.25) is 0 Å². The maximum Gasteiger partial charge on any atom is 0.315 e. The Kier molecular flexibility index (Phi) is 9.73. The molecule has 3 unspecified atom stereocenters. The number of rotatable bonds is 8. The number of carbonyl (C=O) groups excluding carboxylic acids is 1. The molecule has 216 valence electrons. The number of amides is 2. The summed E-state index contributed by atoms with van der Waals surface area (Å²) in [4.78, 5) is 24.2. The molecule has 1 aliphatic carbocycles. The number of carboxylic acid groups (broad SMARTS) is 1. The van der Waals surface area contributed by atoms with Gasteiger partial charge in [-0.1, -0.05) is 84.9 Å². The molecule has 3 aromatic rings. The average Bonchev–Trinajstić information content (AvgIpc) is 3.55. The van der Waals surface area contributed by atoms with Gasteiger partial charge in [-0.15, -0.1) is 0 Å². The summed E-state index contributed by atoms with van der Waals surface area (Å²) in [5, 5.41) is 13.5. The minimum atomic E-state index is -0.250. The zero-order valence-electron chi connectivity index (χ0n) is 24.0. The van der Waals surface area contributed by atoms with Crippen molar-refractivity contribution < 1.29 is 14.7 Å². The molecule has 6 heteroatoms. The molecule has 1 saturated heterocycles. The van der Waals surface area contributed by atoms with Gasteiger partial charge in [0.1, 0.15) is 0 Å². The molecule has 0 aromatic heterocycles. The smallest absolute Gasteiger partial charge is 0.315 e. The van der Waals surface area contributed by atoms with E-state index in [0.717, 1.165) is 18.8 Å². The van der Waals surface area contributed by atoms with E-state index >= 15 is 0 Å². The maximum atomic E-state index is 13.0. The van der Waals surface area contributed by atoms with Crippen molar-refractivity contribution in [2.24, 2.45) is 5.92 Å². The zero-order valence-corrected chi connectivity index (χ0v) is 24.0. The Morgan fingerprint density at radius 1 is 0.829 bits per heavy atom. The van der Waals surface area contributed by atoms with E-state index < -0.39 is 0 Å². The van der Waals surface area contributed by atoms with E-state index in [9.17, 15) is 4.79 Å². The highest BCUT2D eigenvalue weighted by atomic mass is 16.3. The zero-order chi connectivity index (χ0) is 28.6. The van der Waals surface area contributed by atoms with Crippen LogP contribution in [0.15, 0.2) is 84.9 Å². The fourth-order valence-corrected chi connectivity index (χ4v) is 7.50. The lowest BCUT2D eigenvalue weighted by Gasteiger charge is -2.32. The number of nitrogens with one attached hydrogen (secondary N) is 2. The monoisotopic (exact) mass is 553 g/mol. The van der Waals surface area contributed by atoms with Crippen molar-refractivity contribution in [3.8, 4) is 0 Å². The van der Waals surface area contributed by atoms with Gasteiger partial charge in [-0.3, -0.25) is 9.69 Å². The van der Waals surface area contributed by atoms with Crippen molar-refractivity contribution in [1.82, 2.24) is 15.5 Å². The van der Waals surface area contributed by atoms with E-state index in [1.165, 1.54) is 49.8 Å². The highest BCUT2D eigenvalue weighted by Gasteiger charge is 2.43. The molecule has 6 nitrogen and oxygen atoms in total. The number of carbonyl (C=O) groups is 2. The Hall–Kier alpha value is -3.64. The third kappa shape index (κ3) is 6.82. The summed E-state index contributed by atoms with van der Waals surface area (Å²) in [6, 6.07) is 31.6. The van der Waals surface area contributed by atoms with Crippen LogP contribution in [0.1, 0.15) is 92.1 Å². The van der Waals surface area contributed by atoms with Crippen LogP contribution >= 0.6 is 0 Å². The van der Waals surface area contributed by atoms with Gasteiger partial charge in [0.2, 0.25) is 0 Å². The van der Waals surface area contributed by atoms with Crippen molar-refractivity contribution in [2.75, 3.05) is 6.54 Å². The molecule has 2 aliphatic heterocycles. The third-order valence-electron chi connectivity index (χ3n) is 9.38. The first-order valence-electron chi connectivity index (χ1n) is 15.2. The van der Waals surface area contributed by atoms with Gasteiger partial charge in [0.05, 0.1) is 0 Å².